The van der Waals surface area contributed by atoms with Gasteiger partial charge in [-0.25, -0.2) is 0 Å². The summed E-state index contributed by atoms with van der Waals surface area (Å²) in [5.74, 6) is 0.766. The van der Waals surface area contributed by atoms with E-state index in [9.17, 15) is 4.79 Å². The van der Waals surface area contributed by atoms with Gasteiger partial charge in [0.15, 0.2) is 0 Å². The summed E-state index contributed by atoms with van der Waals surface area (Å²) in [5.41, 5.74) is 2.12. The van der Waals surface area contributed by atoms with Crippen LogP contribution in [0.15, 0.2) is 24.3 Å². The van der Waals surface area contributed by atoms with Crippen LogP contribution < -0.4 is 10.6 Å². The van der Waals surface area contributed by atoms with Gasteiger partial charge in [0.1, 0.15) is 0 Å². The lowest BCUT2D eigenvalue weighted by Gasteiger charge is -2.25. The zero-order valence-corrected chi connectivity index (χ0v) is 12.6. The maximum absolute atomic E-state index is 12.1. The van der Waals surface area contributed by atoms with Crippen LogP contribution in [-0.2, 0) is 4.79 Å². The molecule has 1 aliphatic rings. The number of carbonyl (C=O) groups excluding carboxylic acids is 1. The Hall–Kier alpha value is -1.35. The topological polar surface area (TPSA) is 41.1 Å². The Kier molecular flexibility index (Phi) is 5.60. The number of carbonyl (C=O) groups is 1. The zero-order chi connectivity index (χ0) is 14.4. The van der Waals surface area contributed by atoms with Crippen LogP contribution in [0.25, 0.3) is 0 Å². The SMILES string of the molecule is CCCNC(C)c1ccccc1NC(=O)CC1CCC1. The largest absolute Gasteiger partial charge is 0.326 e. The molecule has 1 aromatic rings. The number of amides is 1. The van der Waals surface area contributed by atoms with E-state index in [0.717, 1.165) is 18.7 Å². The first-order valence-electron chi connectivity index (χ1n) is 7.83. The van der Waals surface area contributed by atoms with Gasteiger partial charge in [-0.1, -0.05) is 31.5 Å². The molecule has 0 heterocycles. The quantitative estimate of drug-likeness (QED) is 0.792. The molecule has 1 fully saturated rings. The fourth-order valence-electron chi connectivity index (χ4n) is 2.62. The van der Waals surface area contributed by atoms with Gasteiger partial charge in [-0.3, -0.25) is 4.79 Å². The highest BCUT2D eigenvalue weighted by atomic mass is 16.1. The molecule has 0 saturated heterocycles. The first-order chi connectivity index (χ1) is 9.70. The van der Waals surface area contributed by atoms with Crippen LogP contribution in [0.3, 0.4) is 0 Å². The first kappa shape index (κ1) is 15.0. The number of benzene rings is 1. The molecule has 20 heavy (non-hydrogen) atoms. The Labute approximate surface area is 122 Å². The lowest BCUT2D eigenvalue weighted by molar-refractivity contribution is -0.117. The van der Waals surface area contributed by atoms with E-state index in [2.05, 4.69) is 30.5 Å². The molecule has 0 bridgehead atoms. The summed E-state index contributed by atoms with van der Waals surface area (Å²) in [4.78, 5) is 12.1. The predicted octanol–water partition coefficient (Wildman–Crippen LogP) is 3.88. The van der Waals surface area contributed by atoms with Crippen molar-refractivity contribution in [3.63, 3.8) is 0 Å². The van der Waals surface area contributed by atoms with Crippen LogP contribution in [0.2, 0.25) is 0 Å². The van der Waals surface area contributed by atoms with Gasteiger partial charge in [0.25, 0.3) is 0 Å². The van der Waals surface area contributed by atoms with Crippen molar-refractivity contribution in [2.24, 2.45) is 5.92 Å². The fraction of sp³-hybridized carbons (Fsp3) is 0.588. The lowest BCUT2D eigenvalue weighted by atomic mass is 9.83. The number of hydrogen-bond acceptors (Lipinski definition) is 2. The third-order valence-corrected chi connectivity index (χ3v) is 4.10. The van der Waals surface area contributed by atoms with Crippen molar-refractivity contribution in [2.75, 3.05) is 11.9 Å². The van der Waals surface area contributed by atoms with Gasteiger partial charge < -0.3 is 10.6 Å². The van der Waals surface area contributed by atoms with Gasteiger partial charge in [-0.15, -0.1) is 0 Å². The minimum atomic E-state index is 0.157. The van der Waals surface area contributed by atoms with Crippen molar-refractivity contribution in [1.29, 1.82) is 0 Å². The smallest absolute Gasteiger partial charge is 0.224 e. The number of rotatable bonds is 7. The maximum Gasteiger partial charge on any atom is 0.224 e. The van der Waals surface area contributed by atoms with Gasteiger partial charge in [-0.2, -0.15) is 0 Å². The molecule has 1 aromatic carbocycles. The van der Waals surface area contributed by atoms with Crippen LogP contribution in [0, 0.1) is 5.92 Å². The van der Waals surface area contributed by atoms with E-state index in [4.69, 9.17) is 0 Å². The van der Waals surface area contributed by atoms with Crippen molar-refractivity contribution in [3.05, 3.63) is 29.8 Å². The molecule has 2 N–H and O–H groups in total. The van der Waals surface area contributed by atoms with Gasteiger partial charge in [0.05, 0.1) is 0 Å². The molecule has 0 radical (unpaired) electrons. The van der Waals surface area contributed by atoms with Gasteiger partial charge in [-0.05, 0) is 50.3 Å². The van der Waals surface area contributed by atoms with Crippen molar-refractivity contribution in [3.8, 4) is 0 Å². The summed E-state index contributed by atoms with van der Waals surface area (Å²) >= 11 is 0. The summed E-state index contributed by atoms with van der Waals surface area (Å²) in [6.45, 7) is 5.30. The third-order valence-electron chi connectivity index (χ3n) is 4.10. The summed E-state index contributed by atoms with van der Waals surface area (Å²) in [6, 6.07) is 8.36. The second kappa shape index (κ2) is 7.44. The van der Waals surface area contributed by atoms with Crippen molar-refractivity contribution in [1.82, 2.24) is 5.32 Å². The average molecular weight is 274 g/mol. The molecule has 2 rings (SSSR count). The third kappa shape index (κ3) is 4.07. The highest BCUT2D eigenvalue weighted by molar-refractivity contribution is 5.91. The Morgan fingerprint density at radius 1 is 1.35 bits per heavy atom. The molecule has 1 saturated carbocycles. The summed E-state index contributed by atoms with van der Waals surface area (Å²) in [6.07, 6.45) is 5.49. The minimum Gasteiger partial charge on any atom is -0.326 e. The van der Waals surface area contributed by atoms with E-state index in [1.54, 1.807) is 0 Å². The number of anilines is 1. The molecule has 1 unspecified atom stereocenters. The van der Waals surface area contributed by atoms with Gasteiger partial charge in [0, 0.05) is 18.2 Å². The van der Waals surface area contributed by atoms with Gasteiger partial charge >= 0.3 is 0 Å². The molecule has 1 atom stereocenters. The maximum atomic E-state index is 12.1. The van der Waals surface area contributed by atoms with Crippen molar-refractivity contribution in [2.45, 2.75) is 52.0 Å². The van der Waals surface area contributed by atoms with Crippen LogP contribution in [0.1, 0.15) is 57.6 Å². The zero-order valence-electron chi connectivity index (χ0n) is 12.6. The number of hydrogen-bond donors (Lipinski definition) is 2. The number of para-hydroxylation sites is 1. The normalized spacial score (nSPS) is 16.5. The molecule has 1 amide bonds. The molecule has 110 valence electrons. The van der Waals surface area contributed by atoms with E-state index in [1.165, 1.54) is 24.8 Å². The van der Waals surface area contributed by atoms with Crippen molar-refractivity contribution >= 4 is 11.6 Å². The van der Waals surface area contributed by atoms with Gasteiger partial charge in [0.2, 0.25) is 5.91 Å². The highest BCUT2D eigenvalue weighted by Gasteiger charge is 2.21. The van der Waals surface area contributed by atoms with E-state index in [1.807, 2.05) is 18.2 Å². The predicted molar refractivity (Wildman–Crippen MR) is 83.7 cm³/mol. The summed E-state index contributed by atoms with van der Waals surface area (Å²) < 4.78 is 0. The first-order valence-corrected chi connectivity index (χ1v) is 7.83. The van der Waals surface area contributed by atoms with E-state index < -0.39 is 0 Å². The molecule has 1 aliphatic carbocycles. The molecule has 0 aromatic heterocycles. The summed E-state index contributed by atoms with van der Waals surface area (Å²) in [5, 5.41) is 6.56. The standard InChI is InChI=1S/C17H26N2O/c1-3-11-18-13(2)15-9-4-5-10-16(15)19-17(20)12-14-7-6-8-14/h4-5,9-10,13-14,18H,3,6-8,11-12H2,1-2H3,(H,19,20). The fourth-order valence-corrected chi connectivity index (χ4v) is 2.62. The molecular weight excluding hydrogens is 248 g/mol. The van der Waals surface area contributed by atoms with Crippen LogP contribution >= 0.6 is 0 Å². The van der Waals surface area contributed by atoms with Crippen LogP contribution in [0.5, 0.6) is 0 Å². The molecule has 0 spiro atoms. The average Bonchev–Trinajstić information content (AvgIpc) is 2.41. The highest BCUT2D eigenvalue weighted by Crippen LogP contribution is 2.30. The molecule has 3 heteroatoms. The van der Waals surface area contributed by atoms with Crippen LogP contribution in [0.4, 0.5) is 5.69 Å². The van der Waals surface area contributed by atoms with E-state index in [-0.39, 0.29) is 11.9 Å². The summed E-state index contributed by atoms with van der Waals surface area (Å²) in [7, 11) is 0. The molecule has 3 nitrogen and oxygen atoms in total. The Morgan fingerprint density at radius 3 is 2.75 bits per heavy atom. The number of nitrogens with one attached hydrogen (secondary N) is 2. The van der Waals surface area contributed by atoms with Crippen LogP contribution in [-0.4, -0.2) is 12.5 Å². The Bertz CT molecular complexity index is 440. The second-order valence-corrected chi connectivity index (χ2v) is 5.81. The molecule has 0 aliphatic heterocycles. The van der Waals surface area contributed by atoms with Crippen molar-refractivity contribution < 1.29 is 4.79 Å². The monoisotopic (exact) mass is 274 g/mol. The van der Waals surface area contributed by atoms with E-state index in [0.29, 0.717) is 12.3 Å². The molecular formula is C17H26N2O. The lowest BCUT2D eigenvalue weighted by Crippen LogP contribution is -2.24. The Morgan fingerprint density at radius 2 is 2.10 bits per heavy atom. The Balaban J connectivity index is 1.97. The minimum absolute atomic E-state index is 0.157. The van der Waals surface area contributed by atoms with E-state index >= 15 is 0 Å². The second-order valence-electron chi connectivity index (χ2n) is 5.81.